The van der Waals surface area contributed by atoms with Crippen LogP contribution in [-0.4, -0.2) is 14.5 Å². The lowest BCUT2D eigenvalue weighted by Crippen LogP contribution is -1.97. The van der Waals surface area contributed by atoms with E-state index in [0.717, 1.165) is 33.4 Å². The average molecular weight is 624 g/mol. The normalized spacial score (nSPS) is 11.7. The third-order valence-corrected chi connectivity index (χ3v) is 9.80. The minimum absolute atomic E-state index is 0.714. The van der Waals surface area contributed by atoms with E-state index >= 15 is 0 Å². The number of nitrogens with zero attached hydrogens (tertiary/aromatic N) is 3. The van der Waals surface area contributed by atoms with Crippen molar-refractivity contribution in [1.82, 2.24) is 14.5 Å². The molecule has 0 saturated heterocycles. The third kappa shape index (κ3) is 4.44. The summed E-state index contributed by atoms with van der Waals surface area (Å²) in [4.78, 5) is 10.2. The van der Waals surface area contributed by atoms with Crippen LogP contribution in [0.25, 0.3) is 93.7 Å². The number of hydrogen-bond donors (Lipinski definition) is 0. The fraction of sp³-hybridized carbons (Fsp3) is 0. The SMILES string of the molecule is c1ccc(-c2ccc(-c3nc(-c4ccc(-n5c6ccc7ccccc7c6c6c7ccccc7ccc65)cc4)nc4ccccc34)cc2)cc1. The zero-order valence-corrected chi connectivity index (χ0v) is 26.6. The predicted molar refractivity (Wildman–Crippen MR) is 205 cm³/mol. The first-order chi connectivity index (χ1) is 24.3. The van der Waals surface area contributed by atoms with Crippen LogP contribution in [0, 0.1) is 0 Å². The van der Waals surface area contributed by atoms with Crippen LogP contribution in [0.3, 0.4) is 0 Å². The van der Waals surface area contributed by atoms with Crippen molar-refractivity contribution < 1.29 is 0 Å². The molecule has 3 nitrogen and oxygen atoms in total. The van der Waals surface area contributed by atoms with Crippen molar-refractivity contribution in [2.45, 2.75) is 0 Å². The molecular formula is C46H29N3. The van der Waals surface area contributed by atoms with E-state index in [1.54, 1.807) is 0 Å². The molecule has 0 aliphatic heterocycles. The molecule has 0 fully saturated rings. The van der Waals surface area contributed by atoms with Crippen LogP contribution in [0.4, 0.5) is 0 Å². The minimum atomic E-state index is 0.714. The molecule has 0 amide bonds. The van der Waals surface area contributed by atoms with E-state index in [2.05, 4.69) is 168 Å². The maximum absolute atomic E-state index is 5.19. The second-order valence-electron chi connectivity index (χ2n) is 12.6. The van der Waals surface area contributed by atoms with Gasteiger partial charge in [0.05, 0.1) is 22.2 Å². The summed E-state index contributed by atoms with van der Waals surface area (Å²) in [5, 5.41) is 8.65. The van der Waals surface area contributed by atoms with Gasteiger partial charge in [-0.15, -0.1) is 0 Å². The Hall–Kier alpha value is -6.58. The highest BCUT2D eigenvalue weighted by Crippen LogP contribution is 2.41. The van der Waals surface area contributed by atoms with Gasteiger partial charge >= 0.3 is 0 Å². The Morgan fingerprint density at radius 1 is 0.347 bits per heavy atom. The van der Waals surface area contributed by atoms with Gasteiger partial charge in [0.15, 0.2) is 5.82 Å². The van der Waals surface area contributed by atoms with E-state index in [0.29, 0.717) is 5.82 Å². The fourth-order valence-electron chi connectivity index (χ4n) is 7.46. The monoisotopic (exact) mass is 623 g/mol. The summed E-state index contributed by atoms with van der Waals surface area (Å²) in [7, 11) is 0. The smallest absolute Gasteiger partial charge is 0.160 e. The maximum atomic E-state index is 5.19. The van der Waals surface area contributed by atoms with Gasteiger partial charge in [-0.2, -0.15) is 0 Å². The number of hydrogen-bond acceptors (Lipinski definition) is 2. The molecule has 0 unspecified atom stereocenters. The molecule has 0 saturated carbocycles. The Bertz CT molecular complexity index is 2760. The van der Waals surface area contributed by atoms with Gasteiger partial charge in [0, 0.05) is 33.0 Å². The Morgan fingerprint density at radius 2 is 0.857 bits per heavy atom. The van der Waals surface area contributed by atoms with Crippen LogP contribution in [0.1, 0.15) is 0 Å². The first-order valence-corrected chi connectivity index (χ1v) is 16.7. The summed E-state index contributed by atoms with van der Waals surface area (Å²) >= 11 is 0. The molecule has 0 radical (unpaired) electrons. The molecule has 0 N–H and O–H groups in total. The van der Waals surface area contributed by atoms with Crippen molar-refractivity contribution in [3.63, 3.8) is 0 Å². The molecule has 0 bridgehead atoms. The second-order valence-corrected chi connectivity index (χ2v) is 12.6. The molecule has 2 aromatic heterocycles. The number of para-hydroxylation sites is 1. The summed E-state index contributed by atoms with van der Waals surface area (Å²) in [5.41, 5.74) is 9.80. The molecule has 228 valence electrons. The first kappa shape index (κ1) is 27.5. The summed E-state index contributed by atoms with van der Waals surface area (Å²) in [5.74, 6) is 0.714. The number of rotatable bonds is 4. The molecule has 3 heteroatoms. The quantitative estimate of drug-likeness (QED) is 0.195. The zero-order valence-electron chi connectivity index (χ0n) is 26.6. The maximum Gasteiger partial charge on any atom is 0.160 e. The Morgan fingerprint density at radius 3 is 1.51 bits per heavy atom. The molecule has 10 aromatic rings. The van der Waals surface area contributed by atoms with Crippen molar-refractivity contribution in [2.75, 3.05) is 0 Å². The minimum Gasteiger partial charge on any atom is -0.309 e. The van der Waals surface area contributed by atoms with Crippen molar-refractivity contribution >= 4 is 54.3 Å². The summed E-state index contributed by atoms with van der Waals surface area (Å²) in [6.07, 6.45) is 0. The number of fused-ring (bicyclic) bond motifs is 8. The summed E-state index contributed by atoms with van der Waals surface area (Å²) in [6.45, 7) is 0. The van der Waals surface area contributed by atoms with Gasteiger partial charge < -0.3 is 4.57 Å². The molecule has 2 heterocycles. The molecule has 49 heavy (non-hydrogen) atoms. The van der Waals surface area contributed by atoms with E-state index in [9.17, 15) is 0 Å². The molecule has 8 aromatic carbocycles. The topological polar surface area (TPSA) is 30.7 Å². The first-order valence-electron chi connectivity index (χ1n) is 16.7. The lowest BCUT2D eigenvalue weighted by molar-refractivity contribution is 1.17. The highest BCUT2D eigenvalue weighted by molar-refractivity contribution is 6.28. The molecule has 0 atom stereocenters. The summed E-state index contributed by atoms with van der Waals surface area (Å²) < 4.78 is 2.40. The van der Waals surface area contributed by atoms with Gasteiger partial charge in [-0.3, -0.25) is 0 Å². The van der Waals surface area contributed by atoms with Crippen LogP contribution in [0.5, 0.6) is 0 Å². The fourth-order valence-corrected chi connectivity index (χ4v) is 7.46. The lowest BCUT2D eigenvalue weighted by atomic mass is 10.00. The standard InChI is InChI=1S/C46H29N3/c1-2-10-30(11-3-1)31-18-20-34(21-19-31)45-39-16-8-9-17-40(39)47-46(48-45)35-22-26-36(27-23-35)49-41-28-24-32-12-4-6-14-37(32)43(41)44-38-15-7-5-13-33(38)25-29-42(44)49/h1-29H. The second kappa shape index (κ2) is 11.0. The molecule has 0 aliphatic rings. The van der Waals surface area contributed by atoms with E-state index in [1.165, 1.54) is 54.5 Å². The van der Waals surface area contributed by atoms with Crippen molar-refractivity contribution in [3.8, 4) is 39.5 Å². The molecule has 0 aliphatic carbocycles. The highest BCUT2D eigenvalue weighted by Gasteiger charge is 2.18. The zero-order chi connectivity index (χ0) is 32.3. The Kier molecular flexibility index (Phi) is 6.18. The number of benzene rings is 8. The van der Waals surface area contributed by atoms with Crippen LogP contribution in [0.15, 0.2) is 176 Å². The Balaban J connectivity index is 1.12. The molecule has 0 spiro atoms. The van der Waals surface area contributed by atoms with E-state index in [1.807, 2.05) is 12.1 Å². The average Bonchev–Trinajstić information content (AvgIpc) is 3.53. The van der Waals surface area contributed by atoms with Gasteiger partial charge in [-0.05, 0) is 75.1 Å². The van der Waals surface area contributed by atoms with Crippen LogP contribution in [0.2, 0.25) is 0 Å². The van der Waals surface area contributed by atoms with Gasteiger partial charge in [-0.25, -0.2) is 9.97 Å². The van der Waals surface area contributed by atoms with E-state index < -0.39 is 0 Å². The van der Waals surface area contributed by atoms with Gasteiger partial charge in [0.25, 0.3) is 0 Å². The highest BCUT2D eigenvalue weighted by atomic mass is 15.0. The Labute approximate surface area is 283 Å². The van der Waals surface area contributed by atoms with Gasteiger partial charge in [0.2, 0.25) is 0 Å². The number of aromatic nitrogens is 3. The van der Waals surface area contributed by atoms with Crippen molar-refractivity contribution in [3.05, 3.63) is 176 Å². The third-order valence-electron chi connectivity index (χ3n) is 9.80. The largest absolute Gasteiger partial charge is 0.309 e. The van der Waals surface area contributed by atoms with Gasteiger partial charge in [-0.1, -0.05) is 133 Å². The van der Waals surface area contributed by atoms with Crippen molar-refractivity contribution in [2.24, 2.45) is 0 Å². The lowest BCUT2D eigenvalue weighted by Gasteiger charge is -2.12. The predicted octanol–water partition coefficient (Wildman–Crippen LogP) is 12.0. The van der Waals surface area contributed by atoms with E-state index in [-0.39, 0.29) is 0 Å². The van der Waals surface area contributed by atoms with Crippen LogP contribution in [-0.2, 0) is 0 Å². The molecule has 10 rings (SSSR count). The van der Waals surface area contributed by atoms with E-state index in [4.69, 9.17) is 9.97 Å². The molecular weight excluding hydrogens is 595 g/mol. The van der Waals surface area contributed by atoms with Crippen molar-refractivity contribution in [1.29, 1.82) is 0 Å². The van der Waals surface area contributed by atoms with Crippen LogP contribution >= 0.6 is 0 Å². The van der Waals surface area contributed by atoms with Crippen LogP contribution < -0.4 is 0 Å². The van der Waals surface area contributed by atoms with Gasteiger partial charge in [0.1, 0.15) is 0 Å². The summed E-state index contributed by atoms with van der Waals surface area (Å²) in [6, 6.07) is 62.6.